The van der Waals surface area contributed by atoms with Gasteiger partial charge in [0.25, 0.3) is 12.0 Å². The third-order valence-corrected chi connectivity index (χ3v) is 2.17. The summed E-state index contributed by atoms with van der Waals surface area (Å²) >= 11 is 1.61. The van der Waals surface area contributed by atoms with Gasteiger partial charge in [-0.2, -0.15) is 0 Å². The lowest BCUT2D eigenvalue weighted by atomic mass is 10.2. The molecule has 0 unspecified atom stereocenters. The Kier molecular flexibility index (Phi) is 2.65. The van der Waals surface area contributed by atoms with Gasteiger partial charge in [-0.25, -0.2) is 8.78 Å². The predicted molar refractivity (Wildman–Crippen MR) is 46.4 cm³/mol. The summed E-state index contributed by atoms with van der Waals surface area (Å²) in [5, 5.41) is 8.92. The quantitative estimate of drug-likeness (QED) is 0.771. The molecule has 0 aliphatic carbocycles. The van der Waals surface area contributed by atoms with E-state index in [1.54, 1.807) is 22.6 Å². The van der Waals surface area contributed by atoms with Crippen molar-refractivity contribution >= 4 is 22.6 Å². The summed E-state index contributed by atoms with van der Waals surface area (Å²) in [7, 11) is 0. The molecule has 0 aliphatic heterocycles. The molecule has 0 bridgehead atoms. The fourth-order valence-electron chi connectivity index (χ4n) is 0.718. The number of nitrogens with one attached hydrogen (secondary N) is 1. The standard InChI is InChI=1S/C6H4F2INO2/c7-5(8)3-2(9)1-10-6(12)4(3)11/h1,5,11H,(H,10,12). The van der Waals surface area contributed by atoms with Gasteiger partial charge >= 0.3 is 0 Å². The Labute approximate surface area is 79.6 Å². The average molecular weight is 287 g/mol. The van der Waals surface area contributed by atoms with Gasteiger partial charge in [0.05, 0.1) is 5.56 Å². The molecule has 1 heterocycles. The summed E-state index contributed by atoms with van der Waals surface area (Å²) in [5.74, 6) is -0.906. The van der Waals surface area contributed by atoms with Gasteiger partial charge in [0.1, 0.15) is 0 Å². The first-order valence-corrected chi connectivity index (χ1v) is 4.00. The molecule has 0 aromatic carbocycles. The van der Waals surface area contributed by atoms with Crippen LogP contribution in [0.2, 0.25) is 0 Å². The van der Waals surface area contributed by atoms with Crippen molar-refractivity contribution in [2.45, 2.75) is 6.43 Å². The third kappa shape index (κ3) is 1.57. The van der Waals surface area contributed by atoms with E-state index in [0.29, 0.717) is 0 Å². The first kappa shape index (κ1) is 9.43. The minimum Gasteiger partial charge on any atom is -0.503 e. The SMILES string of the molecule is O=c1[nH]cc(I)c(C(F)F)c1O. The number of pyridine rings is 1. The van der Waals surface area contributed by atoms with Crippen LogP contribution < -0.4 is 5.56 Å². The number of H-pyrrole nitrogens is 1. The summed E-state index contributed by atoms with van der Waals surface area (Å²) in [6, 6.07) is 0. The van der Waals surface area contributed by atoms with Gasteiger partial charge in [-0.05, 0) is 22.6 Å². The highest BCUT2D eigenvalue weighted by atomic mass is 127. The number of aromatic hydroxyl groups is 1. The maximum Gasteiger partial charge on any atom is 0.290 e. The van der Waals surface area contributed by atoms with E-state index in [-0.39, 0.29) is 3.57 Å². The molecule has 0 amide bonds. The van der Waals surface area contributed by atoms with Crippen molar-refractivity contribution in [3.63, 3.8) is 0 Å². The maximum absolute atomic E-state index is 12.2. The second-order valence-corrected chi connectivity index (χ2v) is 3.19. The Balaban J connectivity index is 3.43. The normalized spacial score (nSPS) is 10.7. The third-order valence-electron chi connectivity index (χ3n) is 1.28. The molecular formula is C6H4F2INO2. The second kappa shape index (κ2) is 3.38. The van der Waals surface area contributed by atoms with Crippen molar-refractivity contribution < 1.29 is 13.9 Å². The topological polar surface area (TPSA) is 53.1 Å². The van der Waals surface area contributed by atoms with E-state index in [2.05, 4.69) is 4.98 Å². The molecule has 6 heteroatoms. The van der Waals surface area contributed by atoms with Gasteiger partial charge in [0.2, 0.25) is 0 Å². The van der Waals surface area contributed by atoms with Crippen molar-refractivity contribution in [3.05, 3.63) is 25.7 Å². The predicted octanol–water partition coefficient (Wildman–Crippen LogP) is 1.62. The molecule has 1 aromatic rings. The van der Waals surface area contributed by atoms with Crippen LogP contribution in [0.3, 0.4) is 0 Å². The molecule has 2 N–H and O–H groups in total. The van der Waals surface area contributed by atoms with E-state index >= 15 is 0 Å². The van der Waals surface area contributed by atoms with E-state index in [4.69, 9.17) is 5.11 Å². The lowest BCUT2D eigenvalue weighted by molar-refractivity contribution is 0.146. The first-order chi connectivity index (χ1) is 5.54. The molecule has 0 fully saturated rings. The number of alkyl halides is 2. The molecule has 0 atom stereocenters. The minimum atomic E-state index is -2.83. The van der Waals surface area contributed by atoms with Gasteiger partial charge in [-0.15, -0.1) is 0 Å². The van der Waals surface area contributed by atoms with Gasteiger partial charge < -0.3 is 10.1 Å². The molecule has 0 saturated heterocycles. The van der Waals surface area contributed by atoms with E-state index < -0.39 is 23.3 Å². The molecular weight excluding hydrogens is 283 g/mol. The molecule has 3 nitrogen and oxygen atoms in total. The van der Waals surface area contributed by atoms with Crippen molar-refractivity contribution in [3.8, 4) is 5.75 Å². The fourth-order valence-corrected chi connectivity index (χ4v) is 1.36. The van der Waals surface area contributed by atoms with Gasteiger partial charge in [0, 0.05) is 9.77 Å². The number of halogens is 3. The van der Waals surface area contributed by atoms with E-state index in [9.17, 15) is 13.6 Å². The van der Waals surface area contributed by atoms with Crippen LogP contribution in [0.4, 0.5) is 8.78 Å². The van der Waals surface area contributed by atoms with E-state index in [1.807, 2.05) is 0 Å². The maximum atomic E-state index is 12.2. The minimum absolute atomic E-state index is 0.139. The van der Waals surface area contributed by atoms with Gasteiger partial charge in [-0.3, -0.25) is 4.79 Å². The smallest absolute Gasteiger partial charge is 0.290 e. The van der Waals surface area contributed by atoms with Crippen LogP contribution in [0.5, 0.6) is 5.75 Å². The molecule has 12 heavy (non-hydrogen) atoms. The summed E-state index contributed by atoms with van der Waals surface area (Å²) < 4.78 is 24.4. The number of rotatable bonds is 1. The number of hydrogen-bond donors (Lipinski definition) is 2. The lowest BCUT2D eigenvalue weighted by Crippen LogP contribution is -2.08. The van der Waals surface area contributed by atoms with Crippen LogP contribution >= 0.6 is 22.6 Å². The number of aromatic nitrogens is 1. The van der Waals surface area contributed by atoms with Crippen LogP contribution in [-0.2, 0) is 0 Å². The zero-order valence-corrected chi connectivity index (χ0v) is 7.80. The Morgan fingerprint density at radius 3 is 2.58 bits per heavy atom. The summed E-state index contributed by atoms with van der Waals surface area (Å²) in [6.45, 7) is 0. The fraction of sp³-hybridized carbons (Fsp3) is 0.167. The Morgan fingerprint density at radius 2 is 2.17 bits per heavy atom. The van der Waals surface area contributed by atoms with Crippen molar-refractivity contribution in [2.24, 2.45) is 0 Å². The second-order valence-electron chi connectivity index (χ2n) is 2.03. The summed E-state index contributed by atoms with van der Waals surface area (Å²) in [5.41, 5.74) is -1.51. The average Bonchev–Trinajstić information content (AvgIpc) is 1.97. The van der Waals surface area contributed by atoms with Crippen LogP contribution in [0.1, 0.15) is 12.0 Å². The highest BCUT2D eigenvalue weighted by Crippen LogP contribution is 2.28. The number of aromatic amines is 1. The molecule has 0 radical (unpaired) electrons. The van der Waals surface area contributed by atoms with Gasteiger partial charge in [-0.1, -0.05) is 0 Å². The molecule has 0 aliphatic rings. The highest BCUT2D eigenvalue weighted by molar-refractivity contribution is 14.1. The Hall–Kier alpha value is -0.660. The Bertz CT molecular complexity index is 350. The molecule has 66 valence electrons. The van der Waals surface area contributed by atoms with Crippen molar-refractivity contribution in [1.82, 2.24) is 4.98 Å². The van der Waals surface area contributed by atoms with Crippen LogP contribution in [-0.4, -0.2) is 10.1 Å². The summed E-state index contributed by atoms with van der Waals surface area (Å²) in [4.78, 5) is 12.8. The van der Waals surface area contributed by atoms with Crippen molar-refractivity contribution in [1.29, 1.82) is 0 Å². The zero-order valence-electron chi connectivity index (χ0n) is 5.64. The lowest BCUT2D eigenvalue weighted by Gasteiger charge is -2.03. The van der Waals surface area contributed by atoms with Crippen LogP contribution in [0, 0.1) is 3.57 Å². The molecule has 1 rings (SSSR count). The zero-order chi connectivity index (χ0) is 9.30. The Morgan fingerprint density at radius 1 is 1.58 bits per heavy atom. The van der Waals surface area contributed by atoms with Crippen molar-refractivity contribution in [2.75, 3.05) is 0 Å². The van der Waals surface area contributed by atoms with E-state index in [0.717, 1.165) is 6.20 Å². The highest BCUT2D eigenvalue weighted by Gasteiger charge is 2.18. The largest absolute Gasteiger partial charge is 0.503 e. The molecule has 0 saturated carbocycles. The monoisotopic (exact) mass is 287 g/mol. The van der Waals surface area contributed by atoms with Crippen LogP contribution in [0.25, 0.3) is 0 Å². The summed E-state index contributed by atoms with van der Waals surface area (Å²) in [6.07, 6.45) is -1.71. The first-order valence-electron chi connectivity index (χ1n) is 2.92. The molecule has 0 spiro atoms. The molecule has 1 aromatic heterocycles. The van der Waals surface area contributed by atoms with Crippen LogP contribution in [0.15, 0.2) is 11.0 Å². The number of hydrogen-bond acceptors (Lipinski definition) is 2. The van der Waals surface area contributed by atoms with Gasteiger partial charge in [0.15, 0.2) is 5.75 Å². The van der Waals surface area contributed by atoms with E-state index in [1.165, 1.54) is 0 Å².